The van der Waals surface area contributed by atoms with E-state index < -0.39 is 5.92 Å². The van der Waals surface area contributed by atoms with Gasteiger partial charge in [-0.1, -0.05) is 11.6 Å². The molecule has 1 N–H and O–H groups in total. The van der Waals surface area contributed by atoms with Gasteiger partial charge in [-0.2, -0.15) is 0 Å². The van der Waals surface area contributed by atoms with Crippen LogP contribution in [0.3, 0.4) is 0 Å². The van der Waals surface area contributed by atoms with Crippen LogP contribution >= 0.6 is 27.5 Å². The summed E-state index contributed by atoms with van der Waals surface area (Å²) in [5.41, 5.74) is 2.19. The number of carbonyl (C=O) groups is 2. The van der Waals surface area contributed by atoms with Crippen molar-refractivity contribution in [1.82, 2.24) is 0 Å². The molecule has 0 bridgehead atoms. The van der Waals surface area contributed by atoms with Gasteiger partial charge in [0, 0.05) is 28.8 Å². The molecule has 2 amide bonds. The van der Waals surface area contributed by atoms with Gasteiger partial charge in [-0.25, -0.2) is 0 Å². The van der Waals surface area contributed by atoms with Crippen LogP contribution in [0.5, 0.6) is 5.75 Å². The van der Waals surface area contributed by atoms with Gasteiger partial charge in [-0.3, -0.25) is 9.59 Å². The standard InChI is InChI=1S/C19H18BrClN2O3/c1-11-16(8-7-15(20)18(11)21)22-19(25)12-9-17(24)23(10-12)13-3-5-14(26-2)6-4-13/h3-8,12H,9-10H2,1-2H3,(H,22,25)/t12-/m0/s1. The van der Waals surface area contributed by atoms with Crippen LogP contribution < -0.4 is 15.0 Å². The maximum Gasteiger partial charge on any atom is 0.229 e. The molecule has 0 spiro atoms. The van der Waals surface area contributed by atoms with Gasteiger partial charge in [0.15, 0.2) is 0 Å². The lowest BCUT2D eigenvalue weighted by Crippen LogP contribution is -2.28. The minimum absolute atomic E-state index is 0.0686. The van der Waals surface area contributed by atoms with E-state index in [4.69, 9.17) is 16.3 Å². The molecule has 3 rings (SSSR count). The highest BCUT2D eigenvalue weighted by atomic mass is 79.9. The quantitative estimate of drug-likeness (QED) is 0.771. The van der Waals surface area contributed by atoms with E-state index in [2.05, 4.69) is 21.2 Å². The van der Waals surface area contributed by atoms with Crippen molar-refractivity contribution in [2.24, 2.45) is 5.92 Å². The highest BCUT2D eigenvalue weighted by molar-refractivity contribution is 9.10. The third-order valence-corrected chi connectivity index (χ3v) is 5.85. The fourth-order valence-corrected chi connectivity index (χ4v) is 3.51. The lowest BCUT2D eigenvalue weighted by molar-refractivity contribution is -0.122. The number of benzene rings is 2. The average Bonchev–Trinajstić information content (AvgIpc) is 3.04. The zero-order valence-electron chi connectivity index (χ0n) is 14.4. The predicted octanol–water partition coefficient (Wildman–Crippen LogP) is 4.41. The normalized spacial score (nSPS) is 16.7. The van der Waals surface area contributed by atoms with Crippen LogP contribution in [0.4, 0.5) is 11.4 Å². The molecular weight excluding hydrogens is 420 g/mol. The van der Waals surface area contributed by atoms with Crippen molar-refractivity contribution in [3.05, 3.63) is 51.5 Å². The van der Waals surface area contributed by atoms with Gasteiger partial charge in [0.2, 0.25) is 11.8 Å². The van der Waals surface area contributed by atoms with Crippen LogP contribution in [0.1, 0.15) is 12.0 Å². The number of hydrogen-bond acceptors (Lipinski definition) is 3. The van der Waals surface area contributed by atoms with E-state index in [9.17, 15) is 9.59 Å². The smallest absolute Gasteiger partial charge is 0.229 e. The fraction of sp³-hybridized carbons (Fsp3) is 0.263. The first-order valence-corrected chi connectivity index (χ1v) is 9.27. The average molecular weight is 438 g/mol. The third-order valence-electron chi connectivity index (χ3n) is 4.48. The third kappa shape index (κ3) is 3.71. The zero-order valence-corrected chi connectivity index (χ0v) is 16.7. The summed E-state index contributed by atoms with van der Waals surface area (Å²) in [6, 6.07) is 10.8. The Morgan fingerprint density at radius 1 is 1.27 bits per heavy atom. The summed E-state index contributed by atoms with van der Waals surface area (Å²) in [4.78, 5) is 26.6. The number of nitrogens with zero attached hydrogens (tertiary/aromatic N) is 1. The number of halogens is 2. The van der Waals surface area contributed by atoms with Crippen LogP contribution in [0.2, 0.25) is 5.02 Å². The second-order valence-electron chi connectivity index (χ2n) is 6.13. The van der Waals surface area contributed by atoms with Crippen molar-refractivity contribution >= 4 is 50.7 Å². The highest BCUT2D eigenvalue weighted by Crippen LogP contribution is 2.32. The molecule has 0 aliphatic carbocycles. The van der Waals surface area contributed by atoms with E-state index in [0.29, 0.717) is 17.3 Å². The molecule has 1 saturated heterocycles. The van der Waals surface area contributed by atoms with Crippen molar-refractivity contribution in [3.8, 4) is 5.75 Å². The van der Waals surface area contributed by atoms with Crippen LogP contribution in [-0.4, -0.2) is 25.5 Å². The molecule has 1 aliphatic heterocycles. The summed E-state index contributed by atoms with van der Waals surface area (Å²) in [6.45, 7) is 2.19. The number of anilines is 2. The van der Waals surface area contributed by atoms with E-state index in [1.807, 2.05) is 19.1 Å². The van der Waals surface area contributed by atoms with Crippen molar-refractivity contribution in [3.63, 3.8) is 0 Å². The Labute approximate surface area is 165 Å². The molecule has 0 aromatic heterocycles. The first kappa shape index (κ1) is 18.7. The van der Waals surface area contributed by atoms with Crippen LogP contribution in [0, 0.1) is 12.8 Å². The van der Waals surface area contributed by atoms with Gasteiger partial charge >= 0.3 is 0 Å². The molecule has 1 heterocycles. The lowest BCUT2D eigenvalue weighted by Gasteiger charge is -2.17. The Morgan fingerprint density at radius 3 is 2.62 bits per heavy atom. The zero-order chi connectivity index (χ0) is 18.8. The van der Waals surface area contributed by atoms with Crippen LogP contribution in [-0.2, 0) is 9.59 Å². The van der Waals surface area contributed by atoms with Gasteiger partial charge in [0.25, 0.3) is 0 Å². The lowest BCUT2D eigenvalue weighted by atomic mass is 10.1. The summed E-state index contributed by atoms with van der Waals surface area (Å²) in [7, 11) is 1.59. The van der Waals surface area contributed by atoms with E-state index in [-0.39, 0.29) is 18.2 Å². The number of carbonyl (C=O) groups excluding carboxylic acids is 2. The van der Waals surface area contributed by atoms with Gasteiger partial charge in [0.05, 0.1) is 18.1 Å². The number of hydrogen-bond donors (Lipinski definition) is 1. The van der Waals surface area contributed by atoms with Gasteiger partial charge in [0.1, 0.15) is 5.75 Å². The molecule has 1 fully saturated rings. The molecule has 2 aromatic rings. The first-order chi connectivity index (χ1) is 12.4. The largest absolute Gasteiger partial charge is 0.497 e. The second-order valence-corrected chi connectivity index (χ2v) is 7.36. The van der Waals surface area contributed by atoms with Crippen molar-refractivity contribution in [2.45, 2.75) is 13.3 Å². The minimum Gasteiger partial charge on any atom is -0.497 e. The minimum atomic E-state index is -0.411. The number of amides is 2. The molecule has 26 heavy (non-hydrogen) atoms. The summed E-state index contributed by atoms with van der Waals surface area (Å²) in [6.07, 6.45) is 0.182. The molecule has 2 aromatic carbocycles. The van der Waals surface area contributed by atoms with Crippen molar-refractivity contribution < 1.29 is 14.3 Å². The van der Waals surface area contributed by atoms with E-state index in [1.54, 1.807) is 36.3 Å². The highest BCUT2D eigenvalue weighted by Gasteiger charge is 2.35. The Morgan fingerprint density at radius 2 is 1.96 bits per heavy atom. The summed E-state index contributed by atoms with van der Waals surface area (Å²) in [5.74, 6) is 0.0560. The maximum atomic E-state index is 12.6. The number of nitrogens with one attached hydrogen (secondary N) is 1. The molecule has 5 nitrogen and oxygen atoms in total. The molecule has 1 atom stereocenters. The van der Waals surface area contributed by atoms with E-state index in [1.165, 1.54) is 0 Å². The predicted molar refractivity (Wildman–Crippen MR) is 106 cm³/mol. The molecule has 0 radical (unpaired) electrons. The monoisotopic (exact) mass is 436 g/mol. The summed E-state index contributed by atoms with van der Waals surface area (Å²) >= 11 is 9.57. The Bertz CT molecular complexity index is 855. The Balaban J connectivity index is 1.71. The van der Waals surface area contributed by atoms with Crippen LogP contribution in [0.15, 0.2) is 40.9 Å². The fourth-order valence-electron chi connectivity index (χ4n) is 2.92. The molecule has 0 unspecified atom stereocenters. The van der Waals surface area contributed by atoms with Gasteiger partial charge < -0.3 is 15.0 Å². The number of methoxy groups -OCH3 is 1. The van der Waals surface area contributed by atoms with E-state index in [0.717, 1.165) is 21.5 Å². The van der Waals surface area contributed by atoms with Crippen molar-refractivity contribution in [1.29, 1.82) is 0 Å². The Kier molecular flexibility index (Phi) is 5.53. The summed E-state index contributed by atoms with van der Waals surface area (Å²) in [5, 5.41) is 3.45. The summed E-state index contributed by atoms with van der Waals surface area (Å²) < 4.78 is 5.91. The first-order valence-electron chi connectivity index (χ1n) is 8.10. The topological polar surface area (TPSA) is 58.6 Å². The maximum absolute atomic E-state index is 12.6. The number of ether oxygens (including phenoxy) is 1. The SMILES string of the molecule is COc1ccc(N2C[C@@H](C(=O)Nc3ccc(Br)c(Cl)c3C)CC2=O)cc1. The van der Waals surface area contributed by atoms with Gasteiger partial charge in [-0.15, -0.1) is 0 Å². The molecular formula is C19H18BrClN2O3. The van der Waals surface area contributed by atoms with Crippen LogP contribution in [0.25, 0.3) is 0 Å². The van der Waals surface area contributed by atoms with Gasteiger partial charge in [-0.05, 0) is 64.8 Å². The molecule has 136 valence electrons. The second kappa shape index (κ2) is 7.68. The van der Waals surface area contributed by atoms with E-state index >= 15 is 0 Å². The number of rotatable bonds is 4. The molecule has 0 saturated carbocycles. The molecule has 7 heteroatoms. The van der Waals surface area contributed by atoms with Crippen molar-refractivity contribution in [2.75, 3.05) is 23.9 Å². The Hall–Kier alpha value is -2.05. The molecule has 1 aliphatic rings.